The number of H-pyrrole nitrogens is 2. The molecule has 1 amide bonds. The third kappa shape index (κ3) is 6.02. The molecule has 3 heterocycles. The highest BCUT2D eigenvalue weighted by Crippen LogP contribution is 2.33. The molecule has 7 nitrogen and oxygen atoms in total. The van der Waals surface area contributed by atoms with Gasteiger partial charge in [-0.05, 0) is 25.0 Å². The number of pyridine rings is 2. The Kier molecular flexibility index (Phi) is 6.94. The number of nitrogens with one attached hydrogen (secondary N) is 3. The van der Waals surface area contributed by atoms with Gasteiger partial charge in [0, 0.05) is 36.6 Å². The van der Waals surface area contributed by atoms with E-state index in [4.69, 9.17) is 9.90 Å². The molecule has 33 heavy (non-hydrogen) atoms. The zero-order valence-corrected chi connectivity index (χ0v) is 17.1. The number of carboxylic acid groups (broad SMARTS) is 1. The van der Waals surface area contributed by atoms with Gasteiger partial charge in [0.05, 0.1) is 6.20 Å². The number of carbonyl (C=O) groups excluding carboxylic acids is 2. The Morgan fingerprint density at radius 2 is 1.73 bits per heavy atom. The summed E-state index contributed by atoms with van der Waals surface area (Å²) in [7, 11) is 0. The first-order chi connectivity index (χ1) is 15.5. The van der Waals surface area contributed by atoms with Gasteiger partial charge in [0.25, 0.3) is 0 Å². The number of hydrogen-bond donors (Lipinski definition) is 2. The van der Waals surface area contributed by atoms with Crippen LogP contribution >= 0.6 is 0 Å². The molecule has 0 spiro atoms. The summed E-state index contributed by atoms with van der Waals surface area (Å²) in [4.78, 5) is 27.7. The van der Waals surface area contributed by atoms with Crippen LogP contribution in [0.3, 0.4) is 0 Å². The van der Waals surface area contributed by atoms with Crippen LogP contribution in [0.4, 0.5) is 22.0 Å². The maximum Gasteiger partial charge on any atom is 0.430 e. The van der Waals surface area contributed by atoms with Gasteiger partial charge >= 0.3 is 17.9 Å². The molecule has 0 unspecified atom stereocenters. The Labute approximate surface area is 184 Å². The maximum absolute atomic E-state index is 13.3. The molecule has 0 saturated heterocycles. The van der Waals surface area contributed by atoms with E-state index in [1.807, 2.05) is 48.9 Å². The lowest BCUT2D eigenvalue weighted by molar-refractivity contribution is -0.514. The van der Waals surface area contributed by atoms with Crippen LogP contribution in [0.1, 0.15) is 36.3 Å². The van der Waals surface area contributed by atoms with E-state index in [1.54, 1.807) is 4.40 Å². The average molecular weight is 471 g/mol. The molecule has 176 valence electrons. The van der Waals surface area contributed by atoms with Crippen LogP contribution in [-0.2, 0) is 4.79 Å². The van der Waals surface area contributed by atoms with Gasteiger partial charge in [0.2, 0.25) is 5.92 Å². The Morgan fingerprint density at radius 3 is 2.30 bits per heavy atom. The number of rotatable bonds is 3. The van der Waals surface area contributed by atoms with Gasteiger partial charge in [-0.25, -0.2) is 18.7 Å². The normalized spacial score (nSPS) is 16.0. The van der Waals surface area contributed by atoms with E-state index in [9.17, 15) is 26.7 Å². The van der Waals surface area contributed by atoms with Gasteiger partial charge in [-0.15, -0.1) is 0 Å². The van der Waals surface area contributed by atoms with Crippen molar-refractivity contribution >= 4 is 17.4 Å². The molecule has 1 fully saturated rings. The van der Waals surface area contributed by atoms with Gasteiger partial charge in [0.15, 0.2) is 23.6 Å². The van der Waals surface area contributed by atoms with E-state index >= 15 is 0 Å². The standard InChI is InChI=1S/C19H18F2N4O.C2HF3O2/c20-19(21)8-4-14(5-9-19)23-18(26)17-24-16(13-6-10-22-11-7-13)15-3-1-2-12-25(15)17;3-2(4,5)1(6)7/h1-3,6-7,10-12,14H,4-5,8-9H2,(H,23,26);(H,6,7)/p+1. The van der Waals surface area contributed by atoms with Crippen molar-refractivity contribution in [3.05, 3.63) is 54.7 Å². The largest absolute Gasteiger partial charge is 0.542 e. The second kappa shape index (κ2) is 9.51. The summed E-state index contributed by atoms with van der Waals surface area (Å²) < 4.78 is 60.0. The summed E-state index contributed by atoms with van der Waals surface area (Å²) in [5.41, 5.74) is 2.66. The van der Waals surface area contributed by atoms with Crippen LogP contribution in [0.25, 0.3) is 16.8 Å². The quantitative estimate of drug-likeness (QED) is 0.450. The fourth-order valence-corrected chi connectivity index (χ4v) is 3.46. The molecule has 3 aromatic rings. The molecule has 0 aromatic carbocycles. The molecule has 1 saturated carbocycles. The Hall–Kier alpha value is -3.57. The molecule has 3 N–H and O–H groups in total. The molecule has 0 radical (unpaired) electrons. The first-order valence-corrected chi connectivity index (χ1v) is 9.94. The summed E-state index contributed by atoms with van der Waals surface area (Å²) in [5, 5.41) is 11.7. The number of aliphatic carboxylic acids is 1. The number of nitrogens with zero attached hydrogens (tertiary/aromatic N) is 1. The average Bonchev–Trinajstić information content (AvgIpc) is 3.15. The molecule has 0 atom stereocenters. The zero-order valence-electron chi connectivity index (χ0n) is 17.1. The lowest BCUT2D eigenvalue weighted by Gasteiger charge is -2.28. The maximum atomic E-state index is 13.3. The van der Waals surface area contributed by atoms with E-state index in [0.717, 1.165) is 16.8 Å². The second-order valence-corrected chi connectivity index (χ2v) is 7.48. The Bertz CT molecular complexity index is 1120. The zero-order chi connectivity index (χ0) is 24.2. The van der Waals surface area contributed by atoms with E-state index in [0.29, 0.717) is 18.7 Å². The summed E-state index contributed by atoms with van der Waals surface area (Å²) in [6, 6.07) is 9.31. The van der Waals surface area contributed by atoms with Gasteiger partial charge in [-0.2, -0.15) is 17.6 Å². The van der Waals surface area contributed by atoms with Crippen molar-refractivity contribution in [1.82, 2.24) is 10.3 Å². The highest BCUT2D eigenvalue weighted by molar-refractivity contribution is 5.91. The predicted octanol–water partition coefficient (Wildman–Crippen LogP) is 1.84. The molecule has 4 rings (SSSR count). The van der Waals surface area contributed by atoms with E-state index in [1.165, 1.54) is 0 Å². The smallest absolute Gasteiger partial charge is 0.430 e. The number of alkyl halides is 5. The number of amides is 1. The van der Waals surface area contributed by atoms with Crippen LogP contribution in [0.2, 0.25) is 0 Å². The van der Waals surface area contributed by atoms with Crippen molar-refractivity contribution < 1.29 is 46.0 Å². The van der Waals surface area contributed by atoms with Crippen LogP contribution in [0.5, 0.6) is 0 Å². The molecular weight excluding hydrogens is 451 g/mol. The second-order valence-electron chi connectivity index (χ2n) is 7.48. The SMILES string of the molecule is O=C(NC1CCC(F)(F)CC1)c1[nH]c(-c2cc[nH+]cc2)c2cccc[n+]12.O=C([O-])C(F)(F)F. The van der Waals surface area contributed by atoms with Crippen molar-refractivity contribution in [2.45, 2.75) is 43.8 Å². The fraction of sp³-hybridized carbons (Fsp3) is 0.333. The summed E-state index contributed by atoms with van der Waals surface area (Å²) in [5.74, 6) is -5.50. The van der Waals surface area contributed by atoms with E-state index in [-0.39, 0.29) is 24.8 Å². The summed E-state index contributed by atoms with van der Waals surface area (Å²) >= 11 is 0. The number of hydrogen-bond acceptors (Lipinski definition) is 3. The lowest BCUT2D eigenvalue weighted by Crippen LogP contribution is -2.43. The third-order valence-electron chi connectivity index (χ3n) is 5.11. The first kappa shape index (κ1) is 24.1. The van der Waals surface area contributed by atoms with Gasteiger partial charge in [-0.1, -0.05) is 6.07 Å². The van der Waals surface area contributed by atoms with Crippen molar-refractivity contribution in [2.75, 3.05) is 0 Å². The number of carboxylic acids is 1. The number of halogens is 5. The van der Waals surface area contributed by atoms with Gasteiger partial charge < -0.3 is 15.2 Å². The van der Waals surface area contributed by atoms with Crippen molar-refractivity contribution in [1.29, 1.82) is 0 Å². The summed E-state index contributed by atoms with van der Waals surface area (Å²) in [6.45, 7) is 0. The molecule has 0 aliphatic heterocycles. The number of aromatic nitrogens is 3. The minimum Gasteiger partial charge on any atom is -0.542 e. The van der Waals surface area contributed by atoms with Crippen LogP contribution in [0.15, 0.2) is 48.9 Å². The number of aromatic amines is 2. The number of carbonyl (C=O) groups is 2. The first-order valence-electron chi connectivity index (χ1n) is 9.94. The number of fused-ring (bicyclic) bond motifs is 1. The van der Waals surface area contributed by atoms with Crippen LogP contribution in [0, 0.1) is 0 Å². The molecule has 3 aromatic heterocycles. The fourth-order valence-electron chi connectivity index (χ4n) is 3.46. The third-order valence-corrected chi connectivity index (χ3v) is 5.11. The summed E-state index contributed by atoms with van der Waals surface area (Å²) in [6.07, 6.45) is 0.487. The molecular formula is C21H20F5N4O3+. The number of imidazole rings is 1. The van der Waals surface area contributed by atoms with E-state index < -0.39 is 18.1 Å². The molecule has 12 heteroatoms. The van der Waals surface area contributed by atoms with E-state index in [2.05, 4.69) is 15.3 Å². The minimum absolute atomic E-state index is 0.178. The minimum atomic E-state index is -5.19. The topological polar surface area (TPSA) is 103 Å². The van der Waals surface area contributed by atoms with Crippen LogP contribution < -0.4 is 19.8 Å². The monoisotopic (exact) mass is 471 g/mol. The highest BCUT2D eigenvalue weighted by atomic mass is 19.4. The highest BCUT2D eigenvalue weighted by Gasteiger charge is 2.36. The van der Waals surface area contributed by atoms with Crippen molar-refractivity contribution in [2.24, 2.45) is 0 Å². The molecule has 1 aliphatic carbocycles. The lowest BCUT2D eigenvalue weighted by atomic mass is 9.92. The molecule has 0 bridgehead atoms. The van der Waals surface area contributed by atoms with Crippen LogP contribution in [-0.4, -0.2) is 35.0 Å². The predicted molar refractivity (Wildman–Crippen MR) is 102 cm³/mol. The van der Waals surface area contributed by atoms with Gasteiger partial charge in [0.1, 0.15) is 5.97 Å². The van der Waals surface area contributed by atoms with Gasteiger partial charge in [-0.3, -0.25) is 4.79 Å². The molecule has 1 aliphatic rings. The Morgan fingerprint density at radius 1 is 1.12 bits per heavy atom. The van der Waals surface area contributed by atoms with Crippen molar-refractivity contribution in [3.63, 3.8) is 0 Å². The Balaban J connectivity index is 0.000000383. The van der Waals surface area contributed by atoms with Crippen molar-refractivity contribution in [3.8, 4) is 11.3 Å².